The summed E-state index contributed by atoms with van der Waals surface area (Å²) in [6, 6.07) is 4.00. The van der Waals surface area contributed by atoms with Crippen molar-refractivity contribution in [3.05, 3.63) is 24.5 Å². The molecule has 1 aliphatic heterocycles. The molecule has 0 amide bonds. The van der Waals surface area contributed by atoms with Crippen LogP contribution in [0.3, 0.4) is 0 Å². The van der Waals surface area contributed by atoms with Gasteiger partial charge < -0.3 is 0 Å². The van der Waals surface area contributed by atoms with E-state index in [2.05, 4.69) is 21.2 Å². The molecule has 3 heterocycles. The normalized spacial score (nSPS) is 17.2. The van der Waals surface area contributed by atoms with Gasteiger partial charge in [0.1, 0.15) is 0 Å². The molecule has 78 valence electrons. The zero-order chi connectivity index (χ0) is 10.1. The van der Waals surface area contributed by atoms with Crippen LogP contribution < -0.4 is 5.01 Å². The highest BCUT2D eigenvalue weighted by atomic mass is 15.7. The van der Waals surface area contributed by atoms with Crippen LogP contribution in [0.25, 0.3) is 11.0 Å². The monoisotopic (exact) mass is 202 g/mol. The van der Waals surface area contributed by atoms with Crippen LogP contribution in [0, 0.1) is 0 Å². The van der Waals surface area contributed by atoms with Gasteiger partial charge in [0.2, 0.25) is 0 Å². The van der Waals surface area contributed by atoms with Crippen LogP contribution in [0.1, 0.15) is 19.3 Å². The van der Waals surface area contributed by atoms with Crippen molar-refractivity contribution in [2.75, 3.05) is 18.1 Å². The Morgan fingerprint density at radius 3 is 2.87 bits per heavy atom. The summed E-state index contributed by atoms with van der Waals surface area (Å²) in [5.41, 5.74) is 0.972. The van der Waals surface area contributed by atoms with E-state index >= 15 is 0 Å². The molecule has 0 saturated carbocycles. The first-order valence-electron chi connectivity index (χ1n) is 5.49. The Bertz CT molecular complexity index is 456. The van der Waals surface area contributed by atoms with E-state index in [9.17, 15) is 0 Å². The molecule has 3 rings (SSSR count). The van der Waals surface area contributed by atoms with Gasteiger partial charge in [0.25, 0.3) is 0 Å². The molecule has 0 atom stereocenters. The average molecular weight is 202 g/mol. The first-order chi connectivity index (χ1) is 7.45. The molecule has 0 aromatic carbocycles. The molecule has 4 nitrogen and oxygen atoms in total. The standard InChI is InChI=1S/C11H14N4/c1-2-7-14(8-3-1)15-11-10(9-13-15)5-4-6-12-11/h4-6,9H,1-3,7-8H2. The summed E-state index contributed by atoms with van der Waals surface area (Å²) < 4.78 is 0. The van der Waals surface area contributed by atoms with Gasteiger partial charge in [0.15, 0.2) is 5.65 Å². The molecule has 1 fully saturated rings. The van der Waals surface area contributed by atoms with E-state index < -0.39 is 0 Å². The Morgan fingerprint density at radius 2 is 2.00 bits per heavy atom. The van der Waals surface area contributed by atoms with Crippen LogP contribution in [0.5, 0.6) is 0 Å². The molecule has 0 aliphatic carbocycles. The number of rotatable bonds is 1. The molecular weight excluding hydrogens is 188 g/mol. The van der Waals surface area contributed by atoms with Gasteiger partial charge in [0.05, 0.1) is 6.20 Å². The average Bonchev–Trinajstić information content (AvgIpc) is 2.74. The second kappa shape index (κ2) is 3.53. The molecule has 0 spiro atoms. The van der Waals surface area contributed by atoms with E-state index in [1.807, 2.05) is 23.3 Å². The number of fused-ring (bicyclic) bond motifs is 1. The summed E-state index contributed by atoms with van der Waals surface area (Å²) in [5, 5.41) is 7.79. The van der Waals surface area contributed by atoms with Crippen LogP contribution in [0.2, 0.25) is 0 Å². The lowest BCUT2D eigenvalue weighted by Crippen LogP contribution is -2.39. The van der Waals surface area contributed by atoms with Crippen molar-refractivity contribution in [1.82, 2.24) is 14.9 Å². The molecule has 0 bridgehead atoms. The molecule has 2 aromatic heterocycles. The van der Waals surface area contributed by atoms with Crippen molar-refractivity contribution in [2.24, 2.45) is 0 Å². The first kappa shape index (κ1) is 8.71. The van der Waals surface area contributed by atoms with Gasteiger partial charge in [-0.1, -0.05) is 0 Å². The lowest BCUT2D eigenvalue weighted by Gasteiger charge is -2.28. The fraction of sp³-hybridized carbons (Fsp3) is 0.455. The maximum atomic E-state index is 4.40. The summed E-state index contributed by atoms with van der Waals surface area (Å²) in [6.45, 7) is 2.18. The first-order valence-corrected chi connectivity index (χ1v) is 5.49. The summed E-state index contributed by atoms with van der Waals surface area (Å²) in [6.07, 6.45) is 7.56. The Balaban J connectivity index is 2.02. The highest BCUT2D eigenvalue weighted by Gasteiger charge is 2.13. The van der Waals surface area contributed by atoms with E-state index in [-0.39, 0.29) is 0 Å². The van der Waals surface area contributed by atoms with Gasteiger partial charge in [-0.25, -0.2) is 4.98 Å². The third-order valence-electron chi connectivity index (χ3n) is 2.91. The number of aromatic nitrogens is 3. The summed E-state index contributed by atoms with van der Waals surface area (Å²) in [5.74, 6) is 0. The smallest absolute Gasteiger partial charge is 0.180 e. The van der Waals surface area contributed by atoms with Crippen LogP contribution in [0.15, 0.2) is 24.5 Å². The SMILES string of the molecule is c1cnc2c(c1)cnn2N1CCCCC1. The van der Waals surface area contributed by atoms with E-state index in [1.165, 1.54) is 19.3 Å². The highest BCUT2D eigenvalue weighted by molar-refractivity contribution is 5.74. The highest BCUT2D eigenvalue weighted by Crippen LogP contribution is 2.13. The molecule has 4 heteroatoms. The van der Waals surface area contributed by atoms with Gasteiger partial charge in [-0.2, -0.15) is 9.89 Å². The third kappa shape index (κ3) is 1.46. The largest absolute Gasteiger partial charge is 0.295 e. The lowest BCUT2D eigenvalue weighted by atomic mass is 10.2. The second-order valence-corrected chi connectivity index (χ2v) is 3.96. The Labute approximate surface area is 88.5 Å². The number of piperidine rings is 1. The minimum absolute atomic E-state index is 0.972. The van der Waals surface area contributed by atoms with Gasteiger partial charge in [-0.15, -0.1) is 0 Å². The number of nitrogens with zero attached hydrogens (tertiary/aromatic N) is 4. The molecule has 15 heavy (non-hydrogen) atoms. The summed E-state index contributed by atoms with van der Waals surface area (Å²) in [7, 11) is 0. The second-order valence-electron chi connectivity index (χ2n) is 3.96. The van der Waals surface area contributed by atoms with Crippen molar-refractivity contribution in [3.8, 4) is 0 Å². The number of hydrogen-bond donors (Lipinski definition) is 0. The fourth-order valence-electron chi connectivity index (χ4n) is 2.12. The van der Waals surface area contributed by atoms with Crippen molar-refractivity contribution in [3.63, 3.8) is 0 Å². The van der Waals surface area contributed by atoms with E-state index in [0.717, 1.165) is 24.1 Å². The fourth-order valence-corrected chi connectivity index (χ4v) is 2.12. The van der Waals surface area contributed by atoms with Gasteiger partial charge >= 0.3 is 0 Å². The van der Waals surface area contributed by atoms with Crippen molar-refractivity contribution in [2.45, 2.75) is 19.3 Å². The molecule has 1 aliphatic rings. The Morgan fingerprint density at radius 1 is 1.13 bits per heavy atom. The summed E-state index contributed by atoms with van der Waals surface area (Å²) in [4.78, 5) is 6.33. The molecule has 0 unspecified atom stereocenters. The zero-order valence-electron chi connectivity index (χ0n) is 8.63. The van der Waals surface area contributed by atoms with Crippen molar-refractivity contribution in [1.29, 1.82) is 0 Å². The van der Waals surface area contributed by atoms with E-state index in [4.69, 9.17) is 0 Å². The number of hydrogen-bond acceptors (Lipinski definition) is 3. The van der Waals surface area contributed by atoms with Gasteiger partial charge in [-0.3, -0.25) is 5.01 Å². The Kier molecular flexibility index (Phi) is 2.05. The van der Waals surface area contributed by atoms with Crippen molar-refractivity contribution < 1.29 is 0 Å². The minimum atomic E-state index is 0.972. The Hall–Kier alpha value is -1.58. The topological polar surface area (TPSA) is 34.0 Å². The predicted molar refractivity (Wildman–Crippen MR) is 59.3 cm³/mol. The van der Waals surface area contributed by atoms with Crippen LogP contribution >= 0.6 is 0 Å². The van der Waals surface area contributed by atoms with Gasteiger partial charge in [0, 0.05) is 24.7 Å². The predicted octanol–water partition coefficient (Wildman–Crippen LogP) is 1.55. The minimum Gasteiger partial charge on any atom is -0.295 e. The van der Waals surface area contributed by atoms with Crippen molar-refractivity contribution >= 4 is 11.0 Å². The van der Waals surface area contributed by atoms with E-state index in [1.54, 1.807) is 0 Å². The number of pyridine rings is 1. The molecule has 1 saturated heterocycles. The molecular formula is C11H14N4. The lowest BCUT2D eigenvalue weighted by molar-refractivity contribution is 0.456. The van der Waals surface area contributed by atoms with Gasteiger partial charge in [-0.05, 0) is 31.4 Å². The molecule has 0 N–H and O–H groups in total. The molecule has 2 aromatic rings. The molecule has 0 radical (unpaired) electrons. The van der Waals surface area contributed by atoms with Crippen LogP contribution in [0.4, 0.5) is 0 Å². The maximum absolute atomic E-state index is 4.40. The van der Waals surface area contributed by atoms with Crippen LogP contribution in [-0.2, 0) is 0 Å². The third-order valence-corrected chi connectivity index (χ3v) is 2.91. The quantitative estimate of drug-likeness (QED) is 0.703. The van der Waals surface area contributed by atoms with Crippen LogP contribution in [-0.4, -0.2) is 28.0 Å². The maximum Gasteiger partial charge on any atom is 0.180 e. The zero-order valence-corrected chi connectivity index (χ0v) is 8.63. The van der Waals surface area contributed by atoms with E-state index in [0.29, 0.717) is 0 Å². The summed E-state index contributed by atoms with van der Waals surface area (Å²) >= 11 is 0.